The first-order chi connectivity index (χ1) is 15.3. The Morgan fingerprint density at radius 3 is 2.69 bits per heavy atom. The van der Waals surface area contributed by atoms with Crippen LogP contribution in [-0.2, 0) is 13.1 Å². The molecule has 0 saturated heterocycles. The van der Waals surface area contributed by atoms with Gasteiger partial charge in [-0.1, -0.05) is 26.8 Å². The van der Waals surface area contributed by atoms with Crippen LogP contribution >= 0.6 is 0 Å². The minimum Gasteiger partial charge on any atom is -0.346 e. The van der Waals surface area contributed by atoms with Gasteiger partial charge in [-0.25, -0.2) is 14.8 Å². The number of hydrogen-bond acceptors (Lipinski definition) is 5. The first-order valence-electron chi connectivity index (χ1n) is 10.7. The Balaban J connectivity index is 1.77. The second-order valence-electron chi connectivity index (χ2n) is 8.20. The molecule has 0 aromatic carbocycles. The van der Waals surface area contributed by atoms with Crippen LogP contribution in [0.4, 0.5) is 0 Å². The molecule has 166 valence electrons. The number of fused-ring (bicyclic) bond motifs is 2. The lowest BCUT2D eigenvalue weighted by Gasteiger charge is -2.14. The number of aromatic nitrogens is 5. The van der Waals surface area contributed by atoms with Crippen LogP contribution < -0.4 is 16.6 Å². The van der Waals surface area contributed by atoms with Crippen LogP contribution in [0.3, 0.4) is 0 Å². The molecular formula is C23H26N6O3. The number of nitrogens with zero attached hydrogens (tertiary/aromatic N) is 4. The predicted octanol–water partition coefficient (Wildman–Crippen LogP) is 2.50. The monoisotopic (exact) mass is 434 g/mol. The van der Waals surface area contributed by atoms with Crippen molar-refractivity contribution in [2.45, 2.75) is 53.1 Å². The number of aromatic amines is 1. The summed E-state index contributed by atoms with van der Waals surface area (Å²) in [5.74, 6) is -0.405. The summed E-state index contributed by atoms with van der Waals surface area (Å²) in [6.07, 6.45) is 4.44. The molecule has 4 heterocycles. The van der Waals surface area contributed by atoms with E-state index in [4.69, 9.17) is 0 Å². The largest absolute Gasteiger partial charge is 0.346 e. The summed E-state index contributed by atoms with van der Waals surface area (Å²) < 4.78 is 3.33. The van der Waals surface area contributed by atoms with E-state index in [-0.39, 0.29) is 29.1 Å². The average molecular weight is 435 g/mol. The van der Waals surface area contributed by atoms with Crippen molar-refractivity contribution in [3.8, 4) is 0 Å². The summed E-state index contributed by atoms with van der Waals surface area (Å²) in [7, 11) is 0. The number of H-pyrrole nitrogens is 1. The standard InChI is InChI=1S/C23H26N6O3/c1-5-8-29-20-18(22(31)27-23(29)32)16(10-17(26-20)13(2)3)21(30)24-11-15-12-28-9-6-7-14(4)19(28)25-15/h6-7,9-10,12-13H,5,8,11H2,1-4H3,(H,24,30)(H,27,31,32). The fourth-order valence-corrected chi connectivity index (χ4v) is 3.75. The van der Waals surface area contributed by atoms with Crippen LogP contribution in [0.2, 0.25) is 0 Å². The fourth-order valence-electron chi connectivity index (χ4n) is 3.75. The van der Waals surface area contributed by atoms with E-state index in [1.165, 1.54) is 4.57 Å². The number of carbonyl (C=O) groups is 1. The SMILES string of the molecule is CCCn1c(=O)[nH]c(=O)c2c(C(=O)NCc3cn4cccc(C)c4n3)cc(C(C)C)nc21. The van der Waals surface area contributed by atoms with Gasteiger partial charge >= 0.3 is 5.69 Å². The van der Waals surface area contributed by atoms with E-state index in [2.05, 4.69) is 20.3 Å². The minimum atomic E-state index is -0.617. The Labute approximate surface area is 184 Å². The molecule has 0 atom stereocenters. The molecule has 4 rings (SSSR count). The first kappa shape index (κ1) is 21.5. The third-order valence-corrected chi connectivity index (χ3v) is 5.41. The van der Waals surface area contributed by atoms with Crippen molar-refractivity contribution in [3.63, 3.8) is 0 Å². The van der Waals surface area contributed by atoms with Crippen LogP contribution in [0.25, 0.3) is 16.7 Å². The van der Waals surface area contributed by atoms with E-state index in [0.717, 1.165) is 11.2 Å². The summed E-state index contributed by atoms with van der Waals surface area (Å²) >= 11 is 0. The number of imidazole rings is 1. The van der Waals surface area contributed by atoms with Crippen molar-refractivity contribution in [2.24, 2.45) is 0 Å². The minimum absolute atomic E-state index is 0.0110. The zero-order chi connectivity index (χ0) is 23.0. The van der Waals surface area contributed by atoms with Gasteiger partial charge in [0.2, 0.25) is 0 Å². The van der Waals surface area contributed by atoms with Crippen LogP contribution in [0, 0.1) is 6.92 Å². The van der Waals surface area contributed by atoms with Gasteiger partial charge in [0.15, 0.2) is 5.65 Å². The number of carbonyl (C=O) groups excluding carboxylic acids is 1. The zero-order valence-corrected chi connectivity index (χ0v) is 18.6. The molecule has 0 fully saturated rings. The smallest absolute Gasteiger partial charge is 0.329 e. The first-order valence-corrected chi connectivity index (χ1v) is 10.7. The van der Waals surface area contributed by atoms with Gasteiger partial charge < -0.3 is 9.72 Å². The summed E-state index contributed by atoms with van der Waals surface area (Å²) in [6.45, 7) is 8.40. The molecule has 0 radical (unpaired) electrons. The van der Waals surface area contributed by atoms with Gasteiger partial charge in [-0.2, -0.15) is 0 Å². The van der Waals surface area contributed by atoms with Crippen LogP contribution in [0.1, 0.15) is 60.4 Å². The van der Waals surface area contributed by atoms with Gasteiger partial charge in [-0.3, -0.25) is 19.1 Å². The highest BCUT2D eigenvalue weighted by Gasteiger charge is 2.20. The lowest BCUT2D eigenvalue weighted by atomic mass is 10.0. The molecule has 4 aromatic heterocycles. The van der Waals surface area contributed by atoms with Gasteiger partial charge in [0.05, 0.1) is 23.2 Å². The Bertz CT molecular complexity index is 1440. The predicted molar refractivity (Wildman–Crippen MR) is 122 cm³/mol. The van der Waals surface area contributed by atoms with Crippen molar-refractivity contribution in [1.82, 2.24) is 29.2 Å². The molecule has 2 N–H and O–H groups in total. The van der Waals surface area contributed by atoms with Crippen molar-refractivity contribution < 1.29 is 4.79 Å². The molecular weight excluding hydrogens is 408 g/mol. The topological polar surface area (TPSA) is 114 Å². The maximum Gasteiger partial charge on any atom is 0.329 e. The molecule has 0 saturated carbocycles. The molecule has 0 aliphatic heterocycles. The highest BCUT2D eigenvalue weighted by molar-refractivity contribution is 6.05. The van der Waals surface area contributed by atoms with Crippen LogP contribution in [-0.4, -0.2) is 29.8 Å². The number of nitrogens with one attached hydrogen (secondary N) is 2. The Morgan fingerprint density at radius 2 is 2.00 bits per heavy atom. The van der Waals surface area contributed by atoms with Gasteiger partial charge in [0, 0.05) is 24.6 Å². The fraction of sp³-hybridized carbons (Fsp3) is 0.348. The number of hydrogen-bond donors (Lipinski definition) is 2. The second-order valence-corrected chi connectivity index (χ2v) is 8.20. The third kappa shape index (κ3) is 3.81. The molecule has 1 amide bonds. The van der Waals surface area contributed by atoms with Crippen LogP contribution in [0.15, 0.2) is 40.2 Å². The van der Waals surface area contributed by atoms with Gasteiger partial charge in [-0.05, 0) is 37.0 Å². The summed E-state index contributed by atoms with van der Waals surface area (Å²) in [6, 6.07) is 5.54. The van der Waals surface area contributed by atoms with E-state index in [1.807, 2.05) is 56.6 Å². The molecule has 9 nitrogen and oxygen atoms in total. The van der Waals surface area contributed by atoms with Crippen molar-refractivity contribution in [3.05, 3.63) is 73.9 Å². The highest BCUT2D eigenvalue weighted by Crippen LogP contribution is 2.20. The normalized spacial score (nSPS) is 11.5. The molecule has 0 aliphatic rings. The van der Waals surface area contributed by atoms with E-state index in [1.54, 1.807) is 6.07 Å². The number of rotatable bonds is 6. The molecule has 0 aliphatic carbocycles. The quantitative estimate of drug-likeness (QED) is 0.484. The Morgan fingerprint density at radius 1 is 1.22 bits per heavy atom. The molecule has 0 spiro atoms. The van der Waals surface area contributed by atoms with Crippen molar-refractivity contribution >= 4 is 22.6 Å². The van der Waals surface area contributed by atoms with E-state index in [0.29, 0.717) is 24.4 Å². The molecule has 32 heavy (non-hydrogen) atoms. The molecule has 9 heteroatoms. The lowest BCUT2D eigenvalue weighted by molar-refractivity contribution is 0.0952. The average Bonchev–Trinajstić information content (AvgIpc) is 3.18. The van der Waals surface area contributed by atoms with E-state index in [9.17, 15) is 14.4 Å². The molecule has 0 unspecified atom stereocenters. The van der Waals surface area contributed by atoms with Gasteiger partial charge in [0.1, 0.15) is 5.65 Å². The molecule has 4 aromatic rings. The van der Waals surface area contributed by atoms with Gasteiger partial charge in [-0.15, -0.1) is 0 Å². The molecule has 0 bridgehead atoms. The maximum absolute atomic E-state index is 13.2. The van der Waals surface area contributed by atoms with Crippen LogP contribution in [0.5, 0.6) is 0 Å². The zero-order valence-electron chi connectivity index (χ0n) is 18.6. The lowest BCUT2D eigenvalue weighted by Crippen LogP contribution is -2.33. The second kappa shape index (κ2) is 8.41. The van der Waals surface area contributed by atoms with Gasteiger partial charge in [0.25, 0.3) is 11.5 Å². The maximum atomic E-state index is 13.2. The Hall–Kier alpha value is -3.75. The number of aryl methyl sites for hydroxylation is 2. The summed E-state index contributed by atoms with van der Waals surface area (Å²) in [4.78, 5) is 49.7. The van der Waals surface area contributed by atoms with E-state index < -0.39 is 17.2 Å². The highest BCUT2D eigenvalue weighted by atomic mass is 16.2. The van der Waals surface area contributed by atoms with Crippen molar-refractivity contribution in [2.75, 3.05) is 0 Å². The summed E-state index contributed by atoms with van der Waals surface area (Å²) in [5.41, 5.74) is 2.50. The van der Waals surface area contributed by atoms with Crippen molar-refractivity contribution in [1.29, 1.82) is 0 Å². The number of amides is 1. The number of pyridine rings is 2. The van der Waals surface area contributed by atoms with E-state index >= 15 is 0 Å². The third-order valence-electron chi connectivity index (χ3n) is 5.41. The Kier molecular flexibility index (Phi) is 5.65. The summed E-state index contributed by atoms with van der Waals surface area (Å²) in [5, 5.41) is 2.98.